The first-order valence-electron chi connectivity index (χ1n) is 12.5. The average Bonchev–Trinajstić information content (AvgIpc) is 3.26. The lowest BCUT2D eigenvalue weighted by Gasteiger charge is -2.27. The maximum atomic E-state index is 12.1. The van der Waals surface area contributed by atoms with Crippen LogP contribution in [0.25, 0.3) is 16.6 Å². The molecule has 0 saturated heterocycles. The molecule has 2 heterocycles. The van der Waals surface area contributed by atoms with Gasteiger partial charge in [-0.15, -0.1) is 0 Å². The Kier molecular flexibility index (Phi) is 10.6. The van der Waals surface area contributed by atoms with Crippen LogP contribution in [0.15, 0.2) is 17.1 Å². The number of nitrogens with two attached hydrogens (primary N) is 1. The van der Waals surface area contributed by atoms with Gasteiger partial charge in [0.15, 0.2) is 0 Å². The summed E-state index contributed by atoms with van der Waals surface area (Å²) in [6.07, 6.45) is 10.1. The Hall–Kier alpha value is -2.55. The molecule has 36 heavy (non-hydrogen) atoms. The molecular formula is C26H35Cl2N5O3. The zero-order chi connectivity index (χ0) is 26.1. The predicted molar refractivity (Wildman–Crippen MR) is 146 cm³/mol. The molecule has 0 radical (unpaired) electrons. The zero-order valence-electron chi connectivity index (χ0n) is 20.7. The van der Waals surface area contributed by atoms with E-state index in [1.54, 1.807) is 23.3 Å². The van der Waals surface area contributed by atoms with Gasteiger partial charge in [-0.1, -0.05) is 55.8 Å². The number of carbonyl (C=O) groups excluding carboxylic acids is 2. The Bertz CT molecular complexity index is 1140. The number of nitrogens with one attached hydrogen (secondary N) is 2. The van der Waals surface area contributed by atoms with E-state index < -0.39 is 6.61 Å². The van der Waals surface area contributed by atoms with E-state index in [1.165, 1.54) is 19.3 Å². The fourth-order valence-corrected chi connectivity index (χ4v) is 4.81. The average molecular weight is 537 g/mol. The molecule has 1 aromatic heterocycles. The molecule has 2 amide bonds. The quantitative estimate of drug-likeness (QED) is 0.240. The lowest BCUT2D eigenvalue weighted by atomic mass is 9.99. The summed E-state index contributed by atoms with van der Waals surface area (Å²) < 4.78 is 0. The number of rotatable bonds is 12. The van der Waals surface area contributed by atoms with Crippen molar-refractivity contribution in [1.82, 2.24) is 15.2 Å². The Morgan fingerprint density at radius 1 is 1.28 bits per heavy atom. The van der Waals surface area contributed by atoms with Crippen molar-refractivity contribution in [3.8, 4) is 0 Å². The van der Waals surface area contributed by atoms with Crippen LogP contribution in [0.3, 0.4) is 0 Å². The number of hydrogen-bond donors (Lipinski definition) is 4. The summed E-state index contributed by atoms with van der Waals surface area (Å²) >= 11 is 12.9. The third kappa shape index (κ3) is 7.02. The van der Waals surface area contributed by atoms with Gasteiger partial charge < -0.3 is 26.0 Å². The fraction of sp³-hybridized carbons (Fsp3) is 0.500. The maximum Gasteiger partial charge on any atom is 0.248 e. The van der Waals surface area contributed by atoms with Crippen molar-refractivity contribution >= 4 is 57.8 Å². The first kappa shape index (κ1) is 28.0. The van der Waals surface area contributed by atoms with Crippen LogP contribution in [0.4, 0.5) is 0 Å². The van der Waals surface area contributed by atoms with E-state index in [2.05, 4.69) is 22.2 Å². The predicted octanol–water partition coefficient (Wildman–Crippen LogP) is 4.20. The first-order valence-corrected chi connectivity index (χ1v) is 13.3. The summed E-state index contributed by atoms with van der Waals surface area (Å²) in [7, 11) is 0. The lowest BCUT2D eigenvalue weighted by molar-refractivity contribution is -0.135. The van der Waals surface area contributed by atoms with Crippen LogP contribution in [-0.4, -0.2) is 59.3 Å². The topological polar surface area (TPSA) is 124 Å². The molecule has 0 spiro atoms. The van der Waals surface area contributed by atoms with E-state index >= 15 is 0 Å². The highest BCUT2D eigenvalue weighted by atomic mass is 35.5. The highest BCUT2D eigenvalue weighted by Gasteiger charge is 2.27. The number of aromatic nitrogens is 1. The molecule has 0 unspecified atom stereocenters. The lowest BCUT2D eigenvalue weighted by Crippen LogP contribution is -2.37. The number of unbranched alkanes of at least 4 members (excludes halogenated alkanes) is 4. The summed E-state index contributed by atoms with van der Waals surface area (Å²) in [6, 6.07) is 1.72. The van der Waals surface area contributed by atoms with E-state index in [0.29, 0.717) is 65.8 Å². The van der Waals surface area contributed by atoms with E-state index in [-0.39, 0.29) is 11.8 Å². The second kappa shape index (κ2) is 13.7. The van der Waals surface area contributed by atoms with Crippen molar-refractivity contribution in [3.05, 3.63) is 39.0 Å². The number of hydrogen-bond acceptors (Lipinski definition) is 5. The van der Waals surface area contributed by atoms with E-state index in [9.17, 15) is 14.7 Å². The van der Waals surface area contributed by atoms with Crippen LogP contribution >= 0.6 is 23.2 Å². The molecule has 0 saturated carbocycles. The van der Waals surface area contributed by atoms with Gasteiger partial charge >= 0.3 is 0 Å². The number of aliphatic hydroxyl groups excluding tert-OH is 1. The molecule has 1 aromatic carbocycles. The smallest absolute Gasteiger partial charge is 0.248 e. The number of allylic oxidation sites excluding steroid dienone is 1. The SMILES string of the molecule is CCCCCCCC(=O)NCCN=C/C=C(\N)c1cc(Cl)c(Cl)c2[nH]c3c(c12)CN(C(=O)CO)CC3. The summed E-state index contributed by atoms with van der Waals surface area (Å²) in [6.45, 7) is 3.40. The Morgan fingerprint density at radius 3 is 2.81 bits per heavy atom. The maximum absolute atomic E-state index is 12.1. The number of H-pyrrole nitrogens is 1. The second-order valence-corrected chi connectivity index (χ2v) is 9.75. The van der Waals surface area contributed by atoms with Gasteiger partial charge in [-0.25, -0.2) is 0 Å². The third-order valence-electron chi connectivity index (χ3n) is 6.37. The fourth-order valence-electron chi connectivity index (χ4n) is 4.41. The highest BCUT2D eigenvalue weighted by Crippen LogP contribution is 2.39. The monoisotopic (exact) mass is 535 g/mol. The number of halogens is 2. The number of amides is 2. The molecule has 1 aliphatic rings. The molecule has 3 rings (SSSR count). The molecular weight excluding hydrogens is 501 g/mol. The normalized spacial score (nSPS) is 14.0. The van der Waals surface area contributed by atoms with Crippen LogP contribution < -0.4 is 11.1 Å². The third-order valence-corrected chi connectivity index (χ3v) is 7.16. The molecule has 1 aliphatic heterocycles. The minimum Gasteiger partial charge on any atom is -0.398 e. The number of benzene rings is 1. The van der Waals surface area contributed by atoms with E-state index in [4.69, 9.17) is 28.9 Å². The zero-order valence-corrected chi connectivity index (χ0v) is 22.2. The number of fused-ring (bicyclic) bond motifs is 3. The molecule has 8 nitrogen and oxygen atoms in total. The summed E-state index contributed by atoms with van der Waals surface area (Å²) in [5, 5.41) is 13.7. The van der Waals surface area contributed by atoms with Gasteiger partial charge in [-0.05, 0) is 18.6 Å². The highest BCUT2D eigenvalue weighted by molar-refractivity contribution is 6.45. The van der Waals surface area contributed by atoms with Crippen molar-refractivity contribution in [2.24, 2.45) is 10.7 Å². The van der Waals surface area contributed by atoms with Crippen molar-refractivity contribution in [3.63, 3.8) is 0 Å². The van der Waals surface area contributed by atoms with Gasteiger partial charge in [0.25, 0.3) is 0 Å². The largest absolute Gasteiger partial charge is 0.398 e. The van der Waals surface area contributed by atoms with Crippen LogP contribution in [0.2, 0.25) is 10.0 Å². The summed E-state index contributed by atoms with van der Waals surface area (Å²) in [5.41, 5.74) is 10.1. The van der Waals surface area contributed by atoms with Crippen molar-refractivity contribution in [2.45, 2.75) is 58.4 Å². The van der Waals surface area contributed by atoms with Crippen molar-refractivity contribution < 1.29 is 14.7 Å². The van der Waals surface area contributed by atoms with Gasteiger partial charge in [0.1, 0.15) is 6.61 Å². The summed E-state index contributed by atoms with van der Waals surface area (Å²) in [5.74, 6) is -0.267. The summed E-state index contributed by atoms with van der Waals surface area (Å²) in [4.78, 5) is 33.3. The second-order valence-electron chi connectivity index (χ2n) is 8.97. The molecule has 0 bridgehead atoms. The Morgan fingerprint density at radius 2 is 2.06 bits per heavy atom. The Balaban J connectivity index is 1.66. The van der Waals surface area contributed by atoms with Gasteiger partial charge in [0.2, 0.25) is 11.8 Å². The van der Waals surface area contributed by atoms with Crippen LogP contribution in [0.5, 0.6) is 0 Å². The minimum absolute atomic E-state index is 0.0564. The number of aliphatic hydroxyl groups is 1. The van der Waals surface area contributed by atoms with Crippen LogP contribution in [0, 0.1) is 0 Å². The molecule has 0 atom stereocenters. The van der Waals surface area contributed by atoms with Crippen LogP contribution in [0.1, 0.15) is 62.3 Å². The van der Waals surface area contributed by atoms with Gasteiger partial charge in [-0.3, -0.25) is 14.6 Å². The first-order chi connectivity index (χ1) is 17.4. The number of carbonyl (C=O) groups is 2. The number of aliphatic imine (C=N–C) groups is 1. The molecule has 0 fully saturated rings. The molecule has 5 N–H and O–H groups in total. The van der Waals surface area contributed by atoms with Crippen molar-refractivity contribution in [2.75, 3.05) is 26.2 Å². The number of aromatic amines is 1. The molecule has 10 heteroatoms. The molecule has 196 valence electrons. The van der Waals surface area contributed by atoms with Gasteiger partial charge in [-0.2, -0.15) is 0 Å². The van der Waals surface area contributed by atoms with E-state index in [1.807, 2.05) is 0 Å². The minimum atomic E-state index is -0.533. The van der Waals surface area contributed by atoms with Gasteiger partial charge in [0.05, 0.1) is 22.1 Å². The van der Waals surface area contributed by atoms with Crippen molar-refractivity contribution in [1.29, 1.82) is 0 Å². The molecule has 0 aliphatic carbocycles. The standard InChI is InChI=1S/C26H35Cl2N5O3/c1-2-3-4-5-6-7-22(35)31-12-11-30-10-8-20(29)17-14-19(27)25(28)26-24(17)18-15-33(23(36)16-34)13-9-21(18)32-26/h8,10,14,32,34H,2-7,9,11-13,15-16,29H2,1H3,(H,31,35)/b20-8-,30-10?. The van der Waals surface area contributed by atoms with Crippen LogP contribution in [-0.2, 0) is 22.6 Å². The number of nitrogens with zero attached hydrogens (tertiary/aromatic N) is 2. The van der Waals surface area contributed by atoms with Gasteiger partial charge in [0, 0.05) is 66.6 Å². The Labute approximate surface area is 221 Å². The van der Waals surface area contributed by atoms with E-state index in [0.717, 1.165) is 29.5 Å². The molecule has 2 aromatic rings.